The first-order valence-corrected chi connectivity index (χ1v) is 6.97. The van der Waals surface area contributed by atoms with Crippen LogP contribution in [-0.2, 0) is 0 Å². The topological polar surface area (TPSA) is 40.5 Å². The Hall–Kier alpha value is -1.27. The summed E-state index contributed by atoms with van der Waals surface area (Å²) >= 11 is 8.13. The van der Waals surface area contributed by atoms with E-state index in [9.17, 15) is 9.90 Å². The van der Waals surface area contributed by atoms with Gasteiger partial charge in [-0.25, -0.2) is 0 Å². The molecule has 0 atom stereocenters. The van der Waals surface area contributed by atoms with Crippen molar-refractivity contribution >= 4 is 45.8 Å². The molecular weight excluding hydrogens is 377 g/mol. The zero-order valence-corrected chi connectivity index (χ0v) is 13.0. The summed E-state index contributed by atoms with van der Waals surface area (Å²) in [5.74, 6) is 0.0194. The molecule has 3 nitrogen and oxygen atoms in total. The van der Waals surface area contributed by atoms with Gasteiger partial charge in [0.05, 0.1) is 5.02 Å². The number of hydrogen-bond acceptors (Lipinski definition) is 2. The molecule has 0 aliphatic heterocycles. The van der Waals surface area contributed by atoms with E-state index >= 15 is 0 Å². The number of rotatable bonds is 2. The third kappa shape index (κ3) is 3.19. The van der Waals surface area contributed by atoms with E-state index in [2.05, 4.69) is 22.6 Å². The number of amides is 1. The Morgan fingerprint density at radius 2 is 1.84 bits per heavy atom. The molecule has 1 N–H and O–H groups in total. The van der Waals surface area contributed by atoms with Gasteiger partial charge in [0.25, 0.3) is 5.91 Å². The molecule has 2 rings (SSSR count). The highest BCUT2D eigenvalue weighted by molar-refractivity contribution is 14.1. The largest absolute Gasteiger partial charge is 0.508 e. The Labute approximate surface area is 129 Å². The van der Waals surface area contributed by atoms with Crippen LogP contribution >= 0.6 is 34.2 Å². The molecule has 2 aromatic rings. The van der Waals surface area contributed by atoms with Gasteiger partial charge in [0, 0.05) is 21.9 Å². The molecule has 0 unspecified atom stereocenters. The van der Waals surface area contributed by atoms with Gasteiger partial charge in [0.15, 0.2) is 0 Å². The number of carbonyl (C=O) groups excluding carboxylic acids is 1. The normalized spacial score (nSPS) is 10.3. The van der Waals surface area contributed by atoms with E-state index in [4.69, 9.17) is 11.6 Å². The highest BCUT2D eigenvalue weighted by atomic mass is 127. The fourth-order valence-electron chi connectivity index (χ4n) is 1.62. The van der Waals surface area contributed by atoms with Crippen molar-refractivity contribution < 1.29 is 9.90 Å². The van der Waals surface area contributed by atoms with E-state index < -0.39 is 0 Å². The molecule has 0 saturated carbocycles. The average Bonchev–Trinajstić information content (AvgIpc) is 2.41. The number of halogens is 2. The molecule has 0 saturated heterocycles. The summed E-state index contributed by atoms with van der Waals surface area (Å²) < 4.78 is 0.906. The second kappa shape index (κ2) is 5.79. The van der Waals surface area contributed by atoms with Gasteiger partial charge in [-0.2, -0.15) is 0 Å². The maximum absolute atomic E-state index is 12.3. The fourth-order valence-corrected chi connectivity index (χ4v) is 2.13. The van der Waals surface area contributed by atoms with Gasteiger partial charge in [-0.1, -0.05) is 11.6 Å². The number of nitrogens with zero attached hydrogens (tertiary/aromatic N) is 1. The molecule has 0 aliphatic rings. The van der Waals surface area contributed by atoms with Crippen molar-refractivity contribution in [2.75, 3.05) is 11.9 Å². The summed E-state index contributed by atoms with van der Waals surface area (Å²) in [5.41, 5.74) is 1.23. The second-order valence-electron chi connectivity index (χ2n) is 4.01. The predicted octanol–water partition coefficient (Wildman–Crippen LogP) is 3.93. The third-order valence-corrected chi connectivity index (χ3v) is 4.28. The van der Waals surface area contributed by atoms with Crippen LogP contribution in [0.2, 0.25) is 5.02 Å². The number of phenolic OH excluding ortho intramolecular Hbond substituents is 1. The van der Waals surface area contributed by atoms with E-state index in [1.165, 1.54) is 4.90 Å². The summed E-state index contributed by atoms with van der Waals surface area (Å²) in [6, 6.07) is 11.7. The molecule has 2 aromatic carbocycles. The van der Waals surface area contributed by atoms with Crippen molar-refractivity contribution in [3.63, 3.8) is 0 Å². The van der Waals surface area contributed by atoms with Crippen LogP contribution in [0, 0.1) is 3.57 Å². The minimum atomic E-state index is -0.149. The lowest BCUT2D eigenvalue weighted by atomic mass is 10.2. The second-order valence-corrected chi connectivity index (χ2v) is 5.58. The molecule has 0 spiro atoms. The highest BCUT2D eigenvalue weighted by Gasteiger charge is 2.14. The maximum atomic E-state index is 12.3. The number of aromatic hydroxyl groups is 1. The van der Waals surface area contributed by atoms with Gasteiger partial charge in [-0.05, 0) is 65.1 Å². The Balaban J connectivity index is 2.28. The summed E-state index contributed by atoms with van der Waals surface area (Å²) in [6.07, 6.45) is 0. The molecule has 0 radical (unpaired) electrons. The third-order valence-electron chi connectivity index (χ3n) is 2.71. The van der Waals surface area contributed by atoms with Crippen LogP contribution in [0.5, 0.6) is 5.75 Å². The molecule has 5 heteroatoms. The van der Waals surface area contributed by atoms with Crippen LogP contribution in [0.4, 0.5) is 5.69 Å². The minimum Gasteiger partial charge on any atom is -0.508 e. The molecule has 0 aromatic heterocycles. The van der Waals surface area contributed by atoms with Crippen molar-refractivity contribution in [1.29, 1.82) is 0 Å². The van der Waals surface area contributed by atoms with Crippen LogP contribution in [0.1, 0.15) is 10.4 Å². The number of benzene rings is 2. The van der Waals surface area contributed by atoms with Gasteiger partial charge in [0.1, 0.15) is 5.75 Å². The Morgan fingerprint density at radius 1 is 1.21 bits per heavy atom. The van der Waals surface area contributed by atoms with E-state index in [1.807, 2.05) is 0 Å². The molecule has 0 heterocycles. The van der Waals surface area contributed by atoms with Gasteiger partial charge >= 0.3 is 0 Å². The fraction of sp³-hybridized carbons (Fsp3) is 0.0714. The monoisotopic (exact) mass is 387 g/mol. The standard InChI is InChI=1S/C14H11ClINO2/c1-17(10-3-5-11(18)6-4-10)14(19)9-2-7-13(16)12(15)8-9/h2-8,18H,1H3. The molecule has 98 valence electrons. The van der Waals surface area contributed by atoms with Gasteiger partial charge < -0.3 is 10.0 Å². The highest BCUT2D eigenvalue weighted by Crippen LogP contribution is 2.23. The smallest absolute Gasteiger partial charge is 0.258 e. The van der Waals surface area contributed by atoms with Crippen LogP contribution in [-0.4, -0.2) is 18.1 Å². The van der Waals surface area contributed by atoms with Crippen LogP contribution in [0.15, 0.2) is 42.5 Å². The van der Waals surface area contributed by atoms with Crippen LogP contribution in [0.3, 0.4) is 0 Å². The number of anilines is 1. The number of phenols is 1. The van der Waals surface area contributed by atoms with Crippen molar-refractivity contribution in [2.24, 2.45) is 0 Å². The Morgan fingerprint density at radius 3 is 2.42 bits per heavy atom. The summed E-state index contributed by atoms with van der Waals surface area (Å²) in [5, 5.41) is 9.80. The van der Waals surface area contributed by atoms with Gasteiger partial charge in [-0.15, -0.1) is 0 Å². The lowest BCUT2D eigenvalue weighted by molar-refractivity contribution is 0.0993. The molecule has 0 bridgehead atoms. The van der Waals surface area contributed by atoms with Gasteiger partial charge in [0.2, 0.25) is 0 Å². The van der Waals surface area contributed by atoms with E-state index in [0.29, 0.717) is 16.3 Å². The van der Waals surface area contributed by atoms with Crippen LogP contribution < -0.4 is 4.90 Å². The maximum Gasteiger partial charge on any atom is 0.258 e. The van der Waals surface area contributed by atoms with E-state index in [0.717, 1.165) is 3.57 Å². The summed E-state index contributed by atoms with van der Waals surface area (Å²) in [4.78, 5) is 13.8. The Bertz CT molecular complexity index is 613. The first kappa shape index (κ1) is 14.1. The molecular formula is C14H11ClINO2. The molecule has 0 aliphatic carbocycles. The number of hydrogen-bond donors (Lipinski definition) is 1. The molecule has 19 heavy (non-hydrogen) atoms. The van der Waals surface area contributed by atoms with E-state index in [-0.39, 0.29) is 11.7 Å². The van der Waals surface area contributed by atoms with Crippen molar-refractivity contribution in [3.8, 4) is 5.75 Å². The van der Waals surface area contributed by atoms with Gasteiger partial charge in [-0.3, -0.25) is 4.79 Å². The number of carbonyl (C=O) groups is 1. The first-order valence-electron chi connectivity index (χ1n) is 5.51. The lowest BCUT2D eigenvalue weighted by Gasteiger charge is -2.17. The van der Waals surface area contributed by atoms with Crippen molar-refractivity contribution in [1.82, 2.24) is 0 Å². The lowest BCUT2D eigenvalue weighted by Crippen LogP contribution is -2.26. The van der Waals surface area contributed by atoms with Crippen molar-refractivity contribution in [3.05, 3.63) is 56.6 Å². The first-order chi connectivity index (χ1) is 8.99. The quantitative estimate of drug-likeness (QED) is 0.793. The minimum absolute atomic E-state index is 0.149. The van der Waals surface area contributed by atoms with E-state index in [1.54, 1.807) is 49.5 Å². The molecule has 0 fully saturated rings. The zero-order valence-electron chi connectivity index (χ0n) is 10.1. The molecule has 1 amide bonds. The predicted molar refractivity (Wildman–Crippen MR) is 85.0 cm³/mol. The SMILES string of the molecule is CN(C(=O)c1ccc(I)c(Cl)c1)c1ccc(O)cc1. The average molecular weight is 388 g/mol. The Kier molecular flexibility index (Phi) is 4.31. The van der Waals surface area contributed by atoms with Crippen LogP contribution in [0.25, 0.3) is 0 Å². The summed E-state index contributed by atoms with van der Waals surface area (Å²) in [6.45, 7) is 0. The summed E-state index contributed by atoms with van der Waals surface area (Å²) in [7, 11) is 1.68. The zero-order chi connectivity index (χ0) is 14.0. The van der Waals surface area contributed by atoms with Crippen molar-refractivity contribution in [2.45, 2.75) is 0 Å².